The van der Waals surface area contributed by atoms with Gasteiger partial charge in [0, 0.05) is 0 Å². The lowest BCUT2D eigenvalue weighted by Crippen LogP contribution is -2.11. The molecule has 0 unspecified atom stereocenters. The van der Waals surface area contributed by atoms with Crippen molar-refractivity contribution in [3.63, 3.8) is 0 Å². The Morgan fingerprint density at radius 3 is 1.35 bits per heavy atom. The number of ether oxygens (including phenoxy) is 2. The first kappa shape index (κ1) is 16.4. The largest absolute Gasteiger partial charge is 0.576 e. The lowest BCUT2D eigenvalue weighted by molar-refractivity contribution is 0.0592. The highest BCUT2D eigenvalue weighted by Crippen LogP contribution is 2.15. The van der Waals surface area contributed by atoms with Crippen molar-refractivity contribution in [2.75, 3.05) is 14.2 Å². The van der Waals surface area contributed by atoms with Crippen molar-refractivity contribution in [2.24, 2.45) is 0 Å². The number of hydrogen-bond acceptors (Lipinski definition) is 6. The van der Waals surface area contributed by atoms with Crippen molar-refractivity contribution >= 4 is 19.6 Å². The Morgan fingerprint density at radius 1 is 0.696 bits per heavy atom. The van der Waals surface area contributed by atoms with E-state index in [4.69, 9.17) is 9.31 Å². The molecule has 2 aromatic carbocycles. The molecular formula is C16H15BO6. The van der Waals surface area contributed by atoms with E-state index in [1.807, 2.05) is 0 Å². The van der Waals surface area contributed by atoms with Crippen LogP contribution in [0, 0.1) is 0 Å². The molecule has 0 amide bonds. The topological polar surface area (TPSA) is 71.1 Å². The lowest BCUT2D eigenvalue weighted by atomic mass is 10.2. The average molecular weight is 314 g/mol. The average Bonchev–Trinajstić information content (AvgIpc) is 2.61. The van der Waals surface area contributed by atoms with E-state index in [9.17, 15) is 9.59 Å². The van der Waals surface area contributed by atoms with Crippen molar-refractivity contribution < 1.29 is 28.4 Å². The molecule has 0 fully saturated rings. The quantitative estimate of drug-likeness (QED) is 0.600. The third kappa shape index (κ3) is 4.51. The summed E-state index contributed by atoms with van der Waals surface area (Å²) in [6.45, 7) is 0. The maximum Gasteiger partial charge on any atom is 0.576 e. The molecule has 118 valence electrons. The molecule has 0 aliphatic carbocycles. The Hall–Kier alpha value is -2.96. The fraction of sp³-hybridized carbons (Fsp3) is 0.125. The van der Waals surface area contributed by atoms with Gasteiger partial charge in [-0.15, -0.1) is 0 Å². The number of rotatable bonds is 6. The zero-order valence-corrected chi connectivity index (χ0v) is 12.8. The van der Waals surface area contributed by atoms with Crippen molar-refractivity contribution in [1.29, 1.82) is 0 Å². The van der Waals surface area contributed by atoms with Crippen molar-refractivity contribution in [3.8, 4) is 11.5 Å². The number of carbonyl (C=O) groups is 2. The number of methoxy groups -OCH3 is 2. The van der Waals surface area contributed by atoms with Crippen LogP contribution < -0.4 is 9.31 Å². The van der Waals surface area contributed by atoms with Crippen LogP contribution >= 0.6 is 0 Å². The smallest absolute Gasteiger partial charge is 0.529 e. The predicted octanol–water partition coefficient (Wildman–Crippen LogP) is 1.98. The zero-order chi connectivity index (χ0) is 16.7. The molecule has 2 rings (SSSR count). The molecule has 0 aliphatic heterocycles. The van der Waals surface area contributed by atoms with Gasteiger partial charge in [0.05, 0.1) is 25.3 Å². The molecule has 0 radical (unpaired) electrons. The third-order valence-electron chi connectivity index (χ3n) is 3.00. The molecule has 0 bridgehead atoms. The molecule has 0 saturated carbocycles. The van der Waals surface area contributed by atoms with Gasteiger partial charge in [-0.3, -0.25) is 0 Å². The minimum atomic E-state index is -0.404. The Balaban J connectivity index is 1.85. The van der Waals surface area contributed by atoms with Crippen LogP contribution in [0.15, 0.2) is 48.5 Å². The van der Waals surface area contributed by atoms with Gasteiger partial charge in [-0.25, -0.2) is 9.59 Å². The molecule has 2 aromatic rings. The van der Waals surface area contributed by atoms with Crippen molar-refractivity contribution in [3.05, 3.63) is 59.7 Å². The minimum Gasteiger partial charge on any atom is -0.529 e. The van der Waals surface area contributed by atoms with E-state index in [1.165, 1.54) is 14.2 Å². The van der Waals surface area contributed by atoms with Gasteiger partial charge in [-0.05, 0) is 48.5 Å². The summed E-state index contributed by atoms with van der Waals surface area (Å²) in [7, 11) is 2.65. The Labute approximate surface area is 134 Å². The Bertz CT molecular complexity index is 606. The third-order valence-corrected chi connectivity index (χ3v) is 3.00. The fourth-order valence-corrected chi connectivity index (χ4v) is 1.78. The van der Waals surface area contributed by atoms with Gasteiger partial charge in [-0.1, -0.05) is 0 Å². The molecular weight excluding hydrogens is 299 g/mol. The van der Waals surface area contributed by atoms with Crippen LogP contribution in [-0.2, 0) is 9.47 Å². The Kier molecular flexibility index (Phi) is 5.63. The standard InChI is InChI=1S/C16H15BO6/c1-20-15(18)11-3-7-13(8-4-11)22-17-23-14-9-5-12(6-10-14)16(19)21-2/h3-10,17H,1-2H3. The number of benzene rings is 2. The summed E-state index contributed by atoms with van der Waals surface area (Å²) in [5.74, 6) is 0.310. The number of carbonyl (C=O) groups excluding carboxylic acids is 2. The summed E-state index contributed by atoms with van der Waals surface area (Å²) >= 11 is 0. The van der Waals surface area contributed by atoms with Crippen LogP contribution in [-0.4, -0.2) is 33.8 Å². The van der Waals surface area contributed by atoms with Crippen LogP contribution in [0.25, 0.3) is 0 Å². The van der Waals surface area contributed by atoms with Crippen LogP contribution in [0.3, 0.4) is 0 Å². The maximum atomic E-state index is 11.3. The summed E-state index contributed by atoms with van der Waals surface area (Å²) in [6, 6.07) is 13.0. The predicted molar refractivity (Wildman–Crippen MR) is 84.0 cm³/mol. The molecule has 0 N–H and O–H groups in total. The second-order valence-electron chi connectivity index (χ2n) is 4.44. The normalized spacial score (nSPS) is 9.65. The van der Waals surface area contributed by atoms with Gasteiger partial charge in [0.1, 0.15) is 11.5 Å². The van der Waals surface area contributed by atoms with Crippen LogP contribution in [0.4, 0.5) is 0 Å². The lowest BCUT2D eigenvalue weighted by Gasteiger charge is -2.08. The Morgan fingerprint density at radius 2 is 1.04 bits per heavy atom. The first-order valence-corrected chi connectivity index (χ1v) is 6.76. The second-order valence-corrected chi connectivity index (χ2v) is 4.44. The molecule has 7 heteroatoms. The number of esters is 2. The molecule has 0 aliphatic rings. The summed E-state index contributed by atoms with van der Waals surface area (Å²) < 4.78 is 20.0. The highest BCUT2D eigenvalue weighted by molar-refractivity contribution is 6.20. The van der Waals surface area contributed by atoms with Gasteiger partial charge < -0.3 is 18.8 Å². The van der Waals surface area contributed by atoms with E-state index in [0.29, 0.717) is 22.6 Å². The minimum absolute atomic E-state index is 0.00482. The summed E-state index contributed by atoms with van der Waals surface area (Å²) in [5, 5.41) is 0. The first-order chi connectivity index (χ1) is 11.1. The maximum absolute atomic E-state index is 11.3. The van der Waals surface area contributed by atoms with E-state index in [1.54, 1.807) is 48.5 Å². The van der Waals surface area contributed by atoms with E-state index in [2.05, 4.69) is 9.47 Å². The summed E-state index contributed by atoms with van der Waals surface area (Å²) in [4.78, 5) is 22.6. The van der Waals surface area contributed by atoms with Crippen LogP contribution in [0.5, 0.6) is 11.5 Å². The van der Waals surface area contributed by atoms with Gasteiger partial charge in [-0.2, -0.15) is 0 Å². The summed E-state index contributed by atoms with van der Waals surface area (Å²) in [6.07, 6.45) is 0. The van der Waals surface area contributed by atoms with Gasteiger partial charge in [0.15, 0.2) is 0 Å². The molecule has 0 aromatic heterocycles. The van der Waals surface area contributed by atoms with Gasteiger partial charge in [0.25, 0.3) is 0 Å². The van der Waals surface area contributed by atoms with E-state index < -0.39 is 11.9 Å². The van der Waals surface area contributed by atoms with Crippen LogP contribution in [0.1, 0.15) is 20.7 Å². The summed E-state index contributed by atoms with van der Waals surface area (Å²) in [5.41, 5.74) is 0.887. The number of hydrogen-bond donors (Lipinski definition) is 0. The monoisotopic (exact) mass is 314 g/mol. The second kappa shape index (κ2) is 7.88. The molecule has 6 nitrogen and oxygen atoms in total. The zero-order valence-electron chi connectivity index (χ0n) is 12.8. The van der Waals surface area contributed by atoms with Crippen LogP contribution in [0.2, 0.25) is 0 Å². The molecule has 0 spiro atoms. The molecule has 0 saturated heterocycles. The molecule has 0 heterocycles. The van der Waals surface area contributed by atoms with Crippen molar-refractivity contribution in [2.45, 2.75) is 0 Å². The fourth-order valence-electron chi connectivity index (χ4n) is 1.78. The molecule has 23 heavy (non-hydrogen) atoms. The van der Waals surface area contributed by atoms with E-state index in [0.717, 1.165) is 0 Å². The molecule has 0 atom stereocenters. The van der Waals surface area contributed by atoms with E-state index in [-0.39, 0.29) is 7.69 Å². The highest BCUT2D eigenvalue weighted by atomic mass is 16.6. The first-order valence-electron chi connectivity index (χ1n) is 6.76. The van der Waals surface area contributed by atoms with Gasteiger partial charge >= 0.3 is 19.6 Å². The van der Waals surface area contributed by atoms with Gasteiger partial charge in [0.2, 0.25) is 0 Å². The van der Waals surface area contributed by atoms with Crippen molar-refractivity contribution in [1.82, 2.24) is 0 Å². The SMILES string of the molecule is COC(=O)c1ccc(OBOc2ccc(C(=O)OC)cc2)cc1. The van der Waals surface area contributed by atoms with E-state index >= 15 is 0 Å². The highest BCUT2D eigenvalue weighted by Gasteiger charge is 2.07.